The fraction of sp³-hybridized carbons (Fsp3) is 0.222. The van der Waals surface area contributed by atoms with Gasteiger partial charge in [0.2, 0.25) is 11.6 Å². The van der Waals surface area contributed by atoms with Crippen LogP contribution in [0.3, 0.4) is 0 Å². The molecule has 0 saturated carbocycles. The van der Waals surface area contributed by atoms with Crippen molar-refractivity contribution in [3.05, 3.63) is 88.0 Å². The molecule has 0 spiro atoms. The van der Waals surface area contributed by atoms with Crippen molar-refractivity contribution < 1.29 is 39.5 Å². The smallest absolute Gasteiger partial charge is 0.277 e. The van der Waals surface area contributed by atoms with Crippen molar-refractivity contribution in [2.24, 2.45) is 5.92 Å². The van der Waals surface area contributed by atoms with Crippen LogP contribution in [0.15, 0.2) is 36.4 Å². The standard InChI is InChI=1S/C18H14N4O12/c1-2-15(16(23)9-3-11(19(27)28)7-12(4-9)20(29)30)18(25,26)17(24)10-5-13(21(31)32)8-14(6-10)22(33)34/h3-8,15,25-26H,2H2,1H3. The summed E-state index contributed by atoms with van der Waals surface area (Å²) < 4.78 is 0. The van der Waals surface area contributed by atoms with Gasteiger partial charge in [-0.05, 0) is 6.42 Å². The number of ketones is 2. The monoisotopic (exact) mass is 478 g/mol. The number of benzene rings is 2. The Morgan fingerprint density at radius 2 is 1.06 bits per heavy atom. The molecule has 0 aliphatic heterocycles. The summed E-state index contributed by atoms with van der Waals surface area (Å²) in [5, 5.41) is 65.2. The maximum atomic E-state index is 12.9. The van der Waals surface area contributed by atoms with Gasteiger partial charge in [0.25, 0.3) is 22.7 Å². The summed E-state index contributed by atoms with van der Waals surface area (Å²) >= 11 is 0. The van der Waals surface area contributed by atoms with E-state index >= 15 is 0 Å². The molecule has 2 N–H and O–H groups in total. The van der Waals surface area contributed by atoms with E-state index in [2.05, 4.69) is 0 Å². The van der Waals surface area contributed by atoms with Gasteiger partial charge in [-0.1, -0.05) is 6.92 Å². The number of nitrogens with zero attached hydrogens (tertiary/aromatic N) is 4. The molecule has 2 aromatic carbocycles. The molecule has 0 aromatic heterocycles. The minimum Gasteiger partial charge on any atom is -0.359 e. The predicted molar refractivity (Wildman–Crippen MR) is 109 cm³/mol. The van der Waals surface area contributed by atoms with Crippen LogP contribution in [0, 0.1) is 46.4 Å². The Bertz CT molecular complexity index is 1170. The van der Waals surface area contributed by atoms with Crippen molar-refractivity contribution in [3.63, 3.8) is 0 Å². The van der Waals surface area contributed by atoms with Crippen LogP contribution in [0.4, 0.5) is 22.7 Å². The molecule has 1 atom stereocenters. The van der Waals surface area contributed by atoms with Crippen molar-refractivity contribution >= 4 is 34.3 Å². The average molecular weight is 478 g/mol. The Hall–Kier alpha value is -4.70. The molecule has 0 heterocycles. The zero-order valence-electron chi connectivity index (χ0n) is 17.0. The molecule has 0 bridgehead atoms. The summed E-state index contributed by atoms with van der Waals surface area (Å²) in [7, 11) is 0. The maximum Gasteiger partial charge on any atom is 0.277 e. The Morgan fingerprint density at radius 1 is 0.735 bits per heavy atom. The van der Waals surface area contributed by atoms with Gasteiger partial charge in [-0.3, -0.25) is 50.0 Å². The van der Waals surface area contributed by atoms with E-state index in [0.29, 0.717) is 36.4 Å². The Labute approximate surface area is 187 Å². The van der Waals surface area contributed by atoms with E-state index < -0.39 is 83.3 Å². The molecule has 178 valence electrons. The highest BCUT2D eigenvalue weighted by molar-refractivity contribution is 6.08. The lowest BCUT2D eigenvalue weighted by Gasteiger charge is -2.28. The molecule has 16 heteroatoms. The van der Waals surface area contributed by atoms with Gasteiger partial charge in [-0.15, -0.1) is 0 Å². The Kier molecular flexibility index (Phi) is 7.09. The lowest BCUT2D eigenvalue weighted by Crippen LogP contribution is -2.49. The lowest BCUT2D eigenvalue weighted by atomic mass is 9.83. The highest BCUT2D eigenvalue weighted by atomic mass is 16.6. The van der Waals surface area contributed by atoms with Gasteiger partial charge in [-0.2, -0.15) is 0 Å². The van der Waals surface area contributed by atoms with Crippen LogP contribution in [0.25, 0.3) is 0 Å². The van der Waals surface area contributed by atoms with Crippen LogP contribution in [0.2, 0.25) is 0 Å². The summed E-state index contributed by atoms with van der Waals surface area (Å²) in [5.41, 5.74) is -5.09. The van der Waals surface area contributed by atoms with Gasteiger partial charge in [0, 0.05) is 35.4 Å². The number of rotatable bonds is 10. The second-order valence-electron chi connectivity index (χ2n) is 6.88. The summed E-state index contributed by atoms with van der Waals surface area (Å²) in [6.45, 7) is 1.22. The number of carbonyl (C=O) groups excluding carboxylic acids is 2. The van der Waals surface area contributed by atoms with E-state index in [1.165, 1.54) is 6.92 Å². The van der Waals surface area contributed by atoms with E-state index in [1.54, 1.807) is 0 Å². The van der Waals surface area contributed by atoms with Gasteiger partial charge < -0.3 is 10.2 Å². The van der Waals surface area contributed by atoms with Crippen LogP contribution < -0.4 is 0 Å². The first-order chi connectivity index (χ1) is 15.7. The van der Waals surface area contributed by atoms with E-state index in [-0.39, 0.29) is 0 Å². The third kappa shape index (κ3) is 5.03. The topological polar surface area (TPSA) is 247 Å². The molecule has 34 heavy (non-hydrogen) atoms. The first-order valence-corrected chi connectivity index (χ1v) is 9.12. The largest absolute Gasteiger partial charge is 0.359 e. The molecule has 0 aliphatic carbocycles. The molecule has 0 aliphatic rings. The number of non-ortho nitro benzene ring substituents is 4. The van der Waals surface area contributed by atoms with E-state index in [0.717, 1.165) is 0 Å². The van der Waals surface area contributed by atoms with Gasteiger partial charge in [0.05, 0.1) is 37.7 Å². The molecule has 0 radical (unpaired) electrons. The zero-order chi connectivity index (χ0) is 26.0. The van der Waals surface area contributed by atoms with Crippen LogP contribution >= 0.6 is 0 Å². The predicted octanol–water partition coefficient (Wildman–Crippen LogP) is 2.09. The molecule has 2 rings (SSSR count). The van der Waals surface area contributed by atoms with E-state index in [9.17, 15) is 60.3 Å². The van der Waals surface area contributed by atoms with Crippen LogP contribution in [-0.4, -0.2) is 47.3 Å². The second kappa shape index (κ2) is 9.43. The highest BCUT2D eigenvalue weighted by Crippen LogP contribution is 2.32. The molecular formula is C18H14N4O12. The van der Waals surface area contributed by atoms with Crippen LogP contribution in [0.5, 0.6) is 0 Å². The molecule has 16 nitrogen and oxygen atoms in total. The molecule has 0 saturated heterocycles. The average Bonchev–Trinajstić information content (AvgIpc) is 2.77. The highest BCUT2D eigenvalue weighted by Gasteiger charge is 2.47. The van der Waals surface area contributed by atoms with Gasteiger partial charge >= 0.3 is 0 Å². The minimum absolute atomic E-state index is 0.481. The fourth-order valence-electron chi connectivity index (χ4n) is 3.11. The lowest BCUT2D eigenvalue weighted by molar-refractivity contribution is -0.394. The van der Waals surface area contributed by atoms with Crippen LogP contribution in [-0.2, 0) is 0 Å². The third-order valence-electron chi connectivity index (χ3n) is 4.74. The number of hydrogen-bond donors (Lipinski definition) is 2. The summed E-state index contributed by atoms with van der Waals surface area (Å²) in [4.78, 5) is 65.7. The quantitative estimate of drug-likeness (QED) is 0.215. The van der Waals surface area contributed by atoms with Crippen molar-refractivity contribution in [2.75, 3.05) is 0 Å². The third-order valence-corrected chi connectivity index (χ3v) is 4.74. The maximum absolute atomic E-state index is 12.9. The number of hydrogen-bond acceptors (Lipinski definition) is 12. The summed E-state index contributed by atoms with van der Waals surface area (Å²) in [5.74, 6) is -8.65. The Balaban J connectivity index is 2.59. The second-order valence-corrected chi connectivity index (χ2v) is 6.88. The Morgan fingerprint density at radius 3 is 1.35 bits per heavy atom. The van der Waals surface area contributed by atoms with Crippen molar-refractivity contribution in [1.82, 2.24) is 0 Å². The van der Waals surface area contributed by atoms with Crippen molar-refractivity contribution in [2.45, 2.75) is 19.1 Å². The minimum atomic E-state index is -3.59. The summed E-state index contributed by atoms with van der Waals surface area (Å²) in [6.07, 6.45) is -0.481. The van der Waals surface area contributed by atoms with Crippen molar-refractivity contribution in [3.8, 4) is 0 Å². The molecule has 0 amide bonds. The normalized spacial score (nSPS) is 12.0. The first-order valence-electron chi connectivity index (χ1n) is 9.12. The van der Waals surface area contributed by atoms with E-state index in [1.807, 2.05) is 0 Å². The molecule has 2 aromatic rings. The fourth-order valence-corrected chi connectivity index (χ4v) is 3.11. The number of nitro groups is 4. The molecular weight excluding hydrogens is 464 g/mol. The van der Waals surface area contributed by atoms with Gasteiger partial charge in [0.15, 0.2) is 5.78 Å². The number of carbonyl (C=O) groups is 2. The SMILES string of the molecule is CCC(C(=O)c1cc([N+](=O)[O-])cc([N+](=O)[O-])c1)C(O)(O)C(=O)c1cc([N+](=O)[O-])cc([N+](=O)[O-])c1. The molecule has 0 fully saturated rings. The number of nitro benzene ring substituents is 4. The van der Waals surface area contributed by atoms with Gasteiger partial charge in [0.1, 0.15) is 0 Å². The van der Waals surface area contributed by atoms with Crippen LogP contribution in [0.1, 0.15) is 34.1 Å². The zero-order valence-corrected chi connectivity index (χ0v) is 17.0. The first kappa shape index (κ1) is 25.6. The number of Topliss-reactive ketones (excluding diaryl/α,β-unsaturated/α-hetero) is 2. The molecule has 1 unspecified atom stereocenters. The van der Waals surface area contributed by atoms with E-state index in [4.69, 9.17) is 0 Å². The van der Waals surface area contributed by atoms with Crippen molar-refractivity contribution in [1.29, 1.82) is 0 Å². The summed E-state index contributed by atoms with van der Waals surface area (Å²) in [6, 6.07) is 3.43. The number of aliphatic hydroxyl groups is 2. The van der Waals surface area contributed by atoms with Gasteiger partial charge in [-0.25, -0.2) is 0 Å².